The van der Waals surface area contributed by atoms with Gasteiger partial charge >= 0.3 is 0 Å². The van der Waals surface area contributed by atoms with Crippen molar-refractivity contribution in [3.05, 3.63) is 23.9 Å². The largest absolute Gasteiger partial charge is 0.409 e. The number of rotatable bonds is 6. The molecule has 5 nitrogen and oxygen atoms in total. The van der Waals surface area contributed by atoms with Gasteiger partial charge in [-0.1, -0.05) is 12.1 Å². The van der Waals surface area contributed by atoms with E-state index in [9.17, 15) is 0 Å². The monoisotopic (exact) mass is 248 g/mol. The van der Waals surface area contributed by atoms with E-state index in [4.69, 9.17) is 10.9 Å². The Hall–Kier alpha value is -1.78. The SMILES string of the molecule is CCCN(CC1CC1)c1ccc(C(N)=NO)cn1. The number of oxime groups is 1. The van der Waals surface area contributed by atoms with E-state index in [2.05, 4.69) is 22.0 Å². The molecule has 1 heterocycles. The fourth-order valence-electron chi connectivity index (χ4n) is 1.96. The molecule has 0 aliphatic heterocycles. The van der Waals surface area contributed by atoms with Gasteiger partial charge in [-0.25, -0.2) is 4.98 Å². The normalized spacial score (nSPS) is 15.7. The highest BCUT2D eigenvalue weighted by atomic mass is 16.4. The number of amidine groups is 1. The molecule has 0 spiro atoms. The second kappa shape index (κ2) is 5.71. The van der Waals surface area contributed by atoms with Crippen LogP contribution in [0.4, 0.5) is 5.82 Å². The lowest BCUT2D eigenvalue weighted by Gasteiger charge is -2.23. The molecule has 0 aromatic carbocycles. The Kier molecular flexibility index (Phi) is 4.02. The summed E-state index contributed by atoms with van der Waals surface area (Å²) in [4.78, 5) is 6.71. The molecule has 1 fully saturated rings. The Morgan fingerprint density at radius 1 is 1.56 bits per heavy atom. The van der Waals surface area contributed by atoms with Gasteiger partial charge in [0, 0.05) is 24.8 Å². The molecule has 1 aliphatic rings. The molecule has 1 aromatic heterocycles. The fourth-order valence-corrected chi connectivity index (χ4v) is 1.96. The molecule has 18 heavy (non-hydrogen) atoms. The molecule has 0 atom stereocenters. The van der Waals surface area contributed by atoms with Gasteiger partial charge < -0.3 is 15.8 Å². The molecule has 98 valence electrons. The van der Waals surface area contributed by atoms with E-state index in [1.165, 1.54) is 12.8 Å². The molecule has 5 heteroatoms. The zero-order valence-electron chi connectivity index (χ0n) is 10.7. The van der Waals surface area contributed by atoms with Gasteiger partial charge in [0.05, 0.1) is 0 Å². The van der Waals surface area contributed by atoms with Crippen LogP contribution < -0.4 is 10.6 Å². The predicted molar refractivity (Wildman–Crippen MR) is 72.0 cm³/mol. The Labute approximate surface area is 107 Å². The molecular weight excluding hydrogens is 228 g/mol. The third-order valence-corrected chi connectivity index (χ3v) is 3.14. The molecule has 1 saturated carbocycles. The van der Waals surface area contributed by atoms with Crippen LogP contribution >= 0.6 is 0 Å². The lowest BCUT2D eigenvalue weighted by Crippen LogP contribution is -2.27. The van der Waals surface area contributed by atoms with Crippen molar-refractivity contribution in [1.29, 1.82) is 0 Å². The van der Waals surface area contributed by atoms with E-state index in [1.807, 2.05) is 12.1 Å². The predicted octanol–water partition coefficient (Wildman–Crippen LogP) is 1.80. The van der Waals surface area contributed by atoms with Crippen molar-refractivity contribution < 1.29 is 5.21 Å². The maximum atomic E-state index is 8.60. The minimum atomic E-state index is 0.0956. The molecule has 1 aliphatic carbocycles. The van der Waals surface area contributed by atoms with Gasteiger partial charge in [-0.05, 0) is 37.3 Å². The minimum absolute atomic E-state index is 0.0956. The molecule has 0 radical (unpaired) electrons. The van der Waals surface area contributed by atoms with Crippen LogP contribution in [0.2, 0.25) is 0 Å². The minimum Gasteiger partial charge on any atom is -0.409 e. The number of aromatic nitrogens is 1. The maximum Gasteiger partial charge on any atom is 0.171 e. The Balaban J connectivity index is 2.09. The van der Waals surface area contributed by atoms with E-state index < -0.39 is 0 Å². The second-order valence-electron chi connectivity index (χ2n) is 4.78. The first-order valence-electron chi connectivity index (χ1n) is 6.43. The standard InChI is InChI=1S/C13H20N4O/c1-2-7-17(9-10-3-4-10)12-6-5-11(8-15-12)13(14)16-18/h5-6,8,10,18H,2-4,7,9H2,1H3,(H2,14,16). The molecule has 0 saturated heterocycles. The Morgan fingerprint density at radius 3 is 2.83 bits per heavy atom. The highest BCUT2D eigenvalue weighted by Crippen LogP contribution is 2.31. The summed E-state index contributed by atoms with van der Waals surface area (Å²) in [6.45, 7) is 4.28. The van der Waals surface area contributed by atoms with Gasteiger partial charge in [0.1, 0.15) is 5.82 Å². The lowest BCUT2D eigenvalue weighted by atomic mass is 10.2. The molecule has 0 amide bonds. The highest BCUT2D eigenvalue weighted by molar-refractivity contribution is 5.96. The third kappa shape index (κ3) is 3.12. The van der Waals surface area contributed by atoms with Crippen molar-refractivity contribution in [2.75, 3.05) is 18.0 Å². The van der Waals surface area contributed by atoms with Gasteiger partial charge in [-0.2, -0.15) is 0 Å². The molecule has 1 aromatic rings. The number of hydrogen-bond acceptors (Lipinski definition) is 4. The maximum absolute atomic E-state index is 8.60. The molecular formula is C13H20N4O. The summed E-state index contributed by atoms with van der Waals surface area (Å²) in [7, 11) is 0. The van der Waals surface area contributed by atoms with Crippen molar-refractivity contribution in [2.45, 2.75) is 26.2 Å². The van der Waals surface area contributed by atoms with E-state index in [0.717, 1.165) is 31.2 Å². The first-order chi connectivity index (χ1) is 8.74. The molecule has 2 rings (SSSR count). The summed E-state index contributed by atoms with van der Waals surface area (Å²) in [6, 6.07) is 3.78. The van der Waals surface area contributed by atoms with Crippen LogP contribution in [-0.4, -0.2) is 29.1 Å². The number of nitrogens with two attached hydrogens (primary N) is 1. The van der Waals surface area contributed by atoms with Crippen LogP contribution in [0.15, 0.2) is 23.5 Å². The molecule has 0 bridgehead atoms. The quantitative estimate of drug-likeness (QED) is 0.348. The third-order valence-electron chi connectivity index (χ3n) is 3.14. The summed E-state index contributed by atoms with van der Waals surface area (Å²) in [5.41, 5.74) is 6.16. The van der Waals surface area contributed by atoms with Gasteiger partial charge in [0.15, 0.2) is 5.84 Å². The zero-order chi connectivity index (χ0) is 13.0. The van der Waals surface area contributed by atoms with Crippen molar-refractivity contribution in [2.24, 2.45) is 16.8 Å². The summed E-state index contributed by atoms with van der Waals surface area (Å²) in [5.74, 6) is 1.90. The van der Waals surface area contributed by atoms with E-state index >= 15 is 0 Å². The summed E-state index contributed by atoms with van der Waals surface area (Å²) < 4.78 is 0. The van der Waals surface area contributed by atoms with Crippen molar-refractivity contribution in [3.63, 3.8) is 0 Å². The number of pyridine rings is 1. The van der Waals surface area contributed by atoms with Crippen LogP contribution in [0.5, 0.6) is 0 Å². The Bertz CT molecular complexity index is 412. The summed E-state index contributed by atoms with van der Waals surface area (Å²) in [6.07, 6.45) is 5.43. The van der Waals surface area contributed by atoms with Crippen LogP contribution in [0.1, 0.15) is 31.7 Å². The molecule has 0 unspecified atom stereocenters. The van der Waals surface area contributed by atoms with Crippen LogP contribution in [0, 0.1) is 5.92 Å². The van der Waals surface area contributed by atoms with Crippen molar-refractivity contribution in [1.82, 2.24) is 4.98 Å². The first kappa shape index (κ1) is 12.7. The zero-order valence-corrected chi connectivity index (χ0v) is 10.7. The number of anilines is 1. The highest BCUT2D eigenvalue weighted by Gasteiger charge is 2.24. The summed E-state index contributed by atoms with van der Waals surface area (Å²) in [5, 5.41) is 11.6. The van der Waals surface area contributed by atoms with Gasteiger partial charge in [-0.15, -0.1) is 0 Å². The first-order valence-corrected chi connectivity index (χ1v) is 6.43. The van der Waals surface area contributed by atoms with E-state index in [-0.39, 0.29) is 5.84 Å². The Morgan fingerprint density at radius 2 is 2.33 bits per heavy atom. The van der Waals surface area contributed by atoms with Gasteiger partial charge in [-0.3, -0.25) is 0 Å². The smallest absolute Gasteiger partial charge is 0.171 e. The fraction of sp³-hybridized carbons (Fsp3) is 0.538. The average Bonchev–Trinajstić information content (AvgIpc) is 3.21. The topological polar surface area (TPSA) is 74.7 Å². The van der Waals surface area contributed by atoms with Gasteiger partial charge in [0.25, 0.3) is 0 Å². The van der Waals surface area contributed by atoms with Crippen LogP contribution in [0.3, 0.4) is 0 Å². The second-order valence-corrected chi connectivity index (χ2v) is 4.78. The molecule has 3 N–H and O–H groups in total. The van der Waals surface area contributed by atoms with Crippen molar-refractivity contribution >= 4 is 11.7 Å². The van der Waals surface area contributed by atoms with E-state index in [0.29, 0.717) is 5.56 Å². The van der Waals surface area contributed by atoms with Gasteiger partial charge in [0.2, 0.25) is 0 Å². The number of nitrogens with zero attached hydrogens (tertiary/aromatic N) is 3. The van der Waals surface area contributed by atoms with Crippen LogP contribution in [0.25, 0.3) is 0 Å². The van der Waals surface area contributed by atoms with Crippen molar-refractivity contribution in [3.8, 4) is 0 Å². The van der Waals surface area contributed by atoms with Crippen LogP contribution in [-0.2, 0) is 0 Å². The summed E-state index contributed by atoms with van der Waals surface area (Å²) >= 11 is 0. The number of hydrogen-bond donors (Lipinski definition) is 2. The lowest BCUT2D eigenvalue weighted by molar-refractivity contribution is 0.318. The van der Waals surface area contributed by atoms with E-state index in [1.54, 1.807) is 6.20 Å². The average molecular weight is 248 g/mol.